The number of nitrogens with zero attached hydrogens (tertiary/aromatic N) is 1. The molecule has 0 fully saturated rings. The lowest BCUT2D eigenvalue weighted by molar-refractivity contribution is 1.31. The van der Waals surface area contributed by atoms with Crippen molar-refractivity contribution in [3.63, 3.8) is 0 Å². The first kappa shape index (κ1) is 14.3. The molecule has 0 radical (unpaired) electrons. The van der Waals surface area contributed by atoms with E-state index in [0.717, 1.165) is 5.69 Å². The van der Waals surface area contributed by atoms with Crippen molar-refractivity contribution >= 4 is 12.2 Å². The maximum atomic E-state index is 4.49. The van der Waals surface area contributed by atoms with Gasteiger partial charge in [-0.25, -0.2) is 0 Å². The third kappa shape index (κ3) is 3.15. The van der Waals surface area contributed by atoms with Crippen LogP contribution >= 0.6 is 0 Å². The van der Waals surface area contributed by atoms with Crippen LogP contribution in [0.5, 0.6) is 0 Å². The van der Waals surface area contributed by atoms with Crippen molar-refractivity contribution in [2.45, 2.75) is 13.8 Å². The third-order valence-corrected chi connectivity index (χ3v) is 3.78. The van der Waals surface area contributed by atoms with Crippen molar-refractivity contribution in [3.05, 3.63) is 89.1 Å². The van der Waals surface area contributed by atoms with Crippen molar-refractivity contribution in [3.8, 4) is 11.3 Å². The molecule has 0 saturated carbocycles. The predicted octanol–water partition coefficient (Wildman–Crippen LogP) is 5.54. The summed E-state index contributed by atoms with van der Waals surface area (Å²) >= 11 is 0. The van der Waals surface area contributed by atoms with Gasteiger partial charge in [0.25, 0.3) is 0 Å². The van der Waals surface area contributed by atoms with Gasteiger partial charge in [-0.2, -0.15) is 0 Å². The first-order valence-corrected chi connectivity index (χ1v) is 7.50. The maximum Gasteiger partial charge on any atom is 0.0708 e. The van der Waals surface area contributed by atoms with Gasteiger partial charge in [-0.1, -0.05) is 60.2 Å². The average molecular weight is 285 g/mol. The molecule has 0 spiro atoms. The quantitative estimate of drug-likeness (QED) is 0.576. The zero-order valence-electron chi connectivity index (χ0n) is 13.0. The van der Waals surface area contributed by atoms with Gasteiger partial charge in [0.2, 0.25) is 0 Å². The lowest BCUT2D eigenvalue weighted by Gasteiger charge is -2.07. The van der Waals surface area contributed by atoms with Gasteiger partial charge in [-0.05, 0) is 48.7 Å². The Kier molecular flexibility index (Phi) is 4.15. The minimum atomic E-state index is 1.01. The second kappa shape index (κ2) is 6.40. The van der Waals surface area contributed by atoms with Crippen LogP contribution in [0.15, 0.2) is 66.9 Å². The highest BCUT2D eigenvalue weighted by atomic mass is 14.7. The molecule has 0 atom stereocenters. The number of hydrogen-bond donors (Lipinski definition) is 0. The Morgan fingerprint density at radius 3 is 2.32 bits per heavy atom. The third-order valence-electron chi connectivity index (χ3n) is 3.78. The molecule has 0 amide bonds. The van der Waals surface area contributed by atoms with E-state index in [1.165, 1.54) is 27.8 Å². The first-order valence-electron chi connectivity index (χ1n) is 7.50. The molecule has 1 nitrogen and oxygen atoms in total. The van der Waals surface area contributed by atoms with E-state index in [1.807, 2.05) is 18.3 Å². The Hall–Kier alpha value is -2.67. The number of hydrogen-bond acceptors (Lipinski definition) is 1. The molecule has 0 saturated heterocycles. The largest absolute Gasteiger partial charge is 0.256 e. The van der Waals surface area contributed by atoms with Crippen molar-refractivity contribution in [2.75, 3.05) is 0 Å². The van der Waals surface area contributed by atoms with Gasteiger partial charge >= 0.3 is 0 Å². The van der Waals surface area contributed by atoms with Crippen LogP contribution < -0.4 is 0 Å². The summed E-state index contributed by atoms with van der Waals surface area (Å²) in [6, 6.07) is 20.9. The molecule has 1 aromatic heterocycles. The fourth-order valence-corrected chi connectivity index (χ4v) is 2.51. The van der Waals surface area contributed by atoms with Crippen molar-refractivity contribution < 1.29 is 0 Å². The van der Waals surface area contributed by atoms with Crippen LogP contribution in [-0.2, 0) is 0 Å². The summed E-state index contributed by atoms with van der Waals surface area (Å²) in [5.41, 5.74) is 7.14. The van der Waals surface area contributed by atoms with E-state index in [-0.39, 0.29) is 0 Å². The molecule has 22 heavy (non-hydrogen) atoms. The van der Waals surface area contributed by atoms with Crippen LogP contribution in [0, 0.1) is 13.8 Å². The summed E-state index contributed by atoms with van der Waals surface area (Å²) < 4.78 is 0. The zero-order chi connectivity index (χ0) is 15.4. The fraction of sp³-hybridized carbons (Fsp3) is 0.0952. The van der Waals surface area contributed by atoms with Crippen molar-refractivity contribution in [1.29, 1.82) is 0 Å². The van der Waals surface area contributed by atoms with Crippen LogP contribution in [-0.4, -0.2) is 4.98 Å². The fourth-order valence-electron chi connectivity index (χ4n) is 2.51. The van der Waals surface area contributed by atoms with Crippen LogP contribution in [0.25, 0.3) is 23.4 Å². The highest BCUT2D eigenvalue weighted by molar-refractivity contribution is 5.80. The molecule has 3 rings (SSSR count). The Bertz CT molecular complexity index is 801. The number of pyridine rings is 1. The minimum absolute atomic E-state index is 1.01. The second-order valence-corrected chi connectivity index (χ2v) is 5.50. The Morgan fingerprint density at radius 2 is 1.55 bits per heavy atom. The Morgan fingerprint density at radius 1 is 0.773 bits per heavy atom. The lowest BCUT2D eigenvalue weighted by Crippen LogP contribution is -1.88. The van der Waals surface area contributed by atoms with E-state index in [0.29, 0.717) is 0 Å². The van der Waals surface area contributed by atoms with Gasteiger partial charge in [0.1, 0.15) is 0 Å². The summed E-state index contributed by atoms with van der Waals surface area (Å²) in [7, 11) is 0. The van der Waals surface area contributed by atoms with E-state index >= 15 is 0 Å². The van der Waals surface area contributed by atoms with Gasteiger partial charge in [0.05, 0.1) is 5.69 Å². The molecule has 0 aliphatic carbocycles. The van der Waals surface area contributed by atoms with Crippen molar-refractivity contribution in [1.82, 2.24) is 4.98 Å². The molecule has 0 N–H and O–H groups in total. The minimum Gasteiger partial charge on any atom is -0.256 e. The maximum absolute atomic E-state index is 4.49. The van der Waals surface area contributed by atoms with Crippen LogP contribution in [0.2, 0.25) is 0 Å². The number of aryl methyl sites for hydroxylation is 2. The lowest BCUT2D eigenvalue weighted by atomic mass is 9.99. The van der Waals surface area contributed by atoms with Gasteiger partial charge < -0.3 is 0 Å². The predicted molar refractivity (Wildman–Crippen MR) is 94.5 cm³/mol. The molecule has 1 heteroatoms. The van der Waals surface area contributed by atoms with E-state index in [4.69, 9.17) is 0 Å². The molecular weight excluding hydrogens is 266 g/mol. The van der Waals surface area contributed by atoms with E-state index in [2.05, 4.69) is 79.5 Å². The summed E-state index contributed by atoms with van der Waals surface area (Å²) in [6.07, 6.45) is 6.19. The van der Waals surface area contributed by atoms with E-state index in [9.17, 15) is 0 Å². The summed E-state index contributed by atoms with van der Waals surface area (Å²) in [5.74, 6) is 0. The monoisotopic (exact) mass is 285 g/mol. The molecule has 3 aromatic rings. The van der Waals surface area contributed by atoms with Gasteiger partial charge in [-0.15, -0.1) is 0 Å². The summed E-state index contributed by atoms with van der Waals surface area (Å²) in [6.45, 7) is 4.25. The van der Waals surface area contributed by atoms with Gasteiger partial charge in [0, 0.05) is 11.8 Å². The topological polar surface area (TPSA) is 12.9 Å². The average Bonchev–Trinajstić information content (AvgIpc) is 2.56. The normalized spacial score (nSPS) is 11.0. The standard InChI is InChI=1S/C21H19N/c1-16-10-11-19(13-12-18-8-4-3-7-17(18)2)20(15-16)21-9-5-6-14-22-21/h3-15H,1-2H3/b13-12+. The molecule has 0 bridgehead atoms. The Balaban J connectivity index is 2.03. The SMILES string of the molecule is Cc1ccc(/C=C/c2ccccc2C)c(-c2ccccn2)c1. The number of rotatable bonds is 3. The molecule has 1 heterocycles. The molecular formula is C21H19N. The highest BCUT2D eigenvalue weighted by Crippen LogP contribution is 2.25. The van der Waals surface area contributed by atoms with Crippen LogP contribution in [0.3, 0.4) is 0 Å². The molecule has 0 unspecified atom stereocenters. The highest BCUT2D eigenvalue weighted by Gasteiger charge is 2.04. The number of benzene rings is 2. The van der Waals surface area contributed by atoms with E-state index < -0.39 is 0 Å². The second-order valence-electron chi connectivity index (χ2n) is 5.50. The summed E-state index contributed by atoms with van der Waals surface area (Å²) in [5, 5.41) is 0. The van der Waals surface area contributed by atoms with E-state index in [1.54, 1.807) is 0 Å². The molecule has 2 aromatic carbocycles. The summed E-state index contributed by atoms with van der Waals surface area (Å²) in [4.78, 5) is 4.49. The smallest absolute Gasteiger partial charge is 0.0708 e. The molecule has 0 aliphatic heterocycles. The van der Waals surface area contributed by atoms with Gasteiger partial charge in [-0.3, -0.25) is 4.98 Å². The first-order chi connectivity index (χ1) is 10.7. The molecule has 108 valence electrons. The van der Waals surface area contributed by atoms with Crippen molar-refractivity contribution in [2.24, 2.45) is 0 Å². The number of aromatic nitrogens is 1. The zero-order valence-corrected chi connectivity index (χ0v) is 13.0. The molecule has 0 aliphatic rings. The van der Waals surface area contributed by atoms with Crippen LogP contribution in [0.4, 0.5) is 0 Å². The van der Waals surface area contributed by atoms with Gasteiger partial charge in [0.15, 0.2) is 0 Å². The van der Waals surface area contributed by atoms with Crippen LogP contribution in [0.1, 0.15) is 22.3 Å². The Labute approximate surface area is 132 Å².